The molecule has 4 aromatic carbocycles. The van der Waals surface area contributed by atoms with Crippen LogP contribution in [0.25, 0.3) is 0 Å². The fourth-order valence-corrected chi connectivity index (χ4v) is 4.09. The first-order valence-corrected chi connectivity index (χ1v) is 12.0. The number of nitrogens with one attached hydrogen (secondary N) is 1. The first-order chi connectivity index (χ1) is 17.9. The van der Waals surface area contributed by atoms with Gasteiger partial charge >= 0.3 is 0 Å². The highest BCUT2D eigenvalue weighted by molar-refractivity contribution is 5.98. The molecule has 0 saturated carbocycles. The summed E-state index contributed by atoms with van der Waals surface area (Å²) in [6, 6.07) is 29.0. The molecule has 0 fully saturated rings. The molecule has 4 aromatic rings. The van der Waals surface area contributed by atoms with Crippen LogP contribution in [0, 0.1) is 12.7 Å². The number of carbonyl (C=O) groups is 2. The molecule has 2 amide bonds. The molecule has 0 spiro atoms. The predicted octanol–water partition coefficient (Wildman–Crippen LogP) is 6.09. The minimum Gasteiger partial charge on any atom is -0.497 e. The van der Waals surface area contributed by atoms with E-state index in [2.05, 4.69) is 5.32 Å². The largest absolute Gasteiger partial charge is 0.497 e. The summed E-state index contributed by atoms with van der Waals surface area (Å²) < 4.78 is 18.8. The van der Waals surface area contributed by atoms with Crippen molar-refractivity contribution >= 4 is 17.5 Å². The number of anilines is 1. The van der Waals surface area contributed by atoms with E-state index in [4.69, 9.17) is 4.74 Å². The van der Waals surface area contributed by atoms with E-state index in [-0.39, 0.29) is 30.6 Å². The first kappa shape index (κ1) is 25.6. The average molecular weight is 497 g/mol. The lowest BCUT2D eigenvalue weighted by Crippen LogP contribution is -2.41. The summed E-state index contributed by atoms with van der Waals surface area (Å²) in [5, 5.41) is 2.95. The first-order valence-electron chi connectivity index (χ1n) is 12.0. The van der Waals surface area contributed by atoms with Crippen LogP contribution < -0.4 is 10.1 Å². The highest BCUT2D eigenvalue weighted by Crippen LogP contribution is 2.27. The number of ether oxygens (including phenoxy) is 1. The van der Waals surface area contributed by atoms with Crippen LogP contribution in [-0.4, -0.2) is 23.8 Å². The van der Waals surface area contributed by atoms with Crippen LogP contribution in [0.3, 0.4) is 0 Å². The summed E-state index contributed by atoms with van der Waals surface area (Å²) in [5.41, 5.74) is 3.87. The van der Waals surface area contributed by atoms with Crippen molar-refractivity contribution in [2.75, 3.05) is 12.4 Å². The van der Waals surface area contributed by atoms with Crippen LogP contribution >= 0.6 is 0 Å². The Labute approximate surface area is 216 Å². The quantitative estimate of drug-likeness (QED) is 0.305. The van der Waals surface area contributed by atoms with Gasteiger partial charge in [-0.3, -0.25) is 9.59 Å². The van der Waals surface area contributed by atoms with Crippen LogP contribution in [0.15, 0.2) is 103 Å². The summed E-state index contributed by atoms with van der Waals surface area (Å²) in [7, 11) is 1.58. The van der Waals surface area contributed by atoms with Gasteiger partial charge in [-0.05, 0) is 60.0 Å². The zero-order valence-electron chi connectivity index (χ0n) is 20.9. The van der Waals surface area contributed by atoms with E-state index in [0.29, 0.717) is 17.0 Å². The number of benzene rings is 4. The maximum Gasteiger partial charge on any atom is 0.251 e. The van der Waals surface area contributed by atoms with Crippen LogP contribution in [0.2, 0.25) is 0 Å². The molecule has 0 saturated heterocycles. The van der Waals surface area contributed by atoms with Crippen molar-refractivity contribution in [1.82, 2.24) is 4.90 Å². The molecule has 5 nitrogen and oxygen atoms in total. The molecule has 1 atom stereocenters. The van der Waals surface area contributed by atoms with E-state index in [1.54, 1.807) is 48.4 Å². The molecular weight excluding hydrogens is 467 g/mol. The van der Waals surface area contributed by atoms with Gasteiger partial charge in [0.2, 0.25) is 5.91 Å². The van der Waals surface area contributed by atoms with Crippen molar-refractivity contribution in [3.8, 4) is 5.75 Å². The number of nitrogens with zero attached hydrogens (tertiary/aromatic N) is 1. The van der Waals surface area contributed by atoms with E-state index in [1.165, 1.54) is 12.1 Å². The lowest BCUT2D eigenvalue weighted by Gasteiger charge is -2.32. The van der Waals surface area contributed by atoms with Gasteiger partial charge < -0.3 is 15.0 Å². The number of hydrogen-bond acceptors (Lipinski definition) is 3. The molecular formula is C31H29FN2O3. The van der Waals surface area contributed by atoms with Crippen molar-refractivity contribution in [2.45, 2.75) is 25.9 Å². The van der Waals surface area contributed by atoms with Gasteiger partial charge in [0.25, 0.3) is 5.91 Å². The molecule has 4 rings (SSSR count). The predicted molar refractivity (Wildman–Crippen MR) is 143 cm³/mol. The molecule has 0 aliphatic carbocycles. The minimum atomic E-state index is -0.913. The van der Waals surface area contributed by atoms with Gasteiger partial charge in [0.15, 0.2) is 0 Å². The molecule has 0 aliphatic rings. The second-order valence-electron chi connectivity index (χ2n) is 8.84. The zero-order chi connectivity index (χ0) is 26.2. The number of methoxy groups -OCH3 is 1. The standard InChI is InChI=1S/C31H29FN2O3/c1-22-8-12-25(13-9-22)30(31(36)33-27-16-18-28(37-2)19-17-27)34(21-24-10-14-26(32)15-11-24)29(35)20-23-6-4-3-5-7-23/h3-19,30H,20-21H2,1-2H3,(H,33,36). The molecule has 1 unspecified atom stereocenters. The van der Waals surface area contributed by atoms with Gasteiger partial charge in [0.1, 0.15) is 17.6 Å². The highest BCUT2D eigenvalue weighted by Gasteiger charge is 2.32. The lowest BCUT2D eigenvalue weighted by atomic mass is 10.00. The average Bonchev–Trinajstić information content (AvgIpc) is 2.91. The monoisotopic (exact) mass is 496 g/mol. The minimum absolute atomic E-state index is 0.125. The Bertz CT molecular complexity index is 1320. The fourth-order valence-electron chi connectivity index (χ4n) is 4.09. The fraction of sp³-hybridized carbons (Fsp3) is 0.161. The Morgan fingerprint density at radius 2 is 1.49 bits per heavy atom. The molecule has 0 heterocycles. The van der Waals surface area contributed by atoms with Gasteiger partial charge in [-0.25, -0.2) is 4.39 Å². The lowest BCUT2D eigenvalue weighted by molar-refractivity contribution is -0.139. The van der Waals surface area contributed by atoms with Gasteiger partial charge in [-0.1, -0.05) is 72.3 Å². The van der Waals surface area contributed by atoms with E-state index in [9.17, 15) is 14.0 Å². The van der Waals surface area contributed by atoms with Gasteiger partial charge in [0.05, 0.1) is 13.5 Å². The third-order valence-electron chi connectivity index (χ3n) is 6.10. The maximum absolute atomic E-state index is 13.8. The van der Waals surface area contributed by atoms with Crippen molar-refractivity contribution in [2.24, 2.45) is 0 Å². The summed E-state index contributed by atoms with van der Waals surface area (Å²) >= 11 is 0. The molecule has 37 heavy (non-hydrogen) atoms. The second-order valence-corrected chi connectivity index (χ2v) is 8.84. The van der Waals surface area contributed by atoms with Crippen LogP contribution in [0.5, 0.6) is 5.75 Å². The SMILES string of the molecule is COc1ccc(NC(=O)C(c2ccc(C)cc2)N(Cc2ccc(F)cc2)C(=O)Cc2ccccc2)cc1. The topological polar surface area (TPSA) is 58.6 Å². The normalized spacial score (nSPS) is 11.4. The van der Waals surface area contributed by atoms with Gasteiger partial charge in [0, 0.05) is 12.2 Å². The van der Waals surface area contributed by atoms with Crippen molar-refractivity contribution < 1.29 is 18.7 Å². The van der Waals surface area contributed by atoms with Crippen LogP contribution in [0.4, 0.5) is 10.1 Å². The van der Waals surface area contributed by atoms with E-state index >= 15 is 0 Å². The van der Waals surface area contributed by atoms with Gasteiger partial charge in [-0.2, -0.15) is 0 Å². The van der Waals surface area contributed by atoms with E-state index < -0.39 is 6.04 Å². The van der Waals surface area contributed by atoms with Crippen LogP contribution in [0.1, 0.15) is 28.3 Å². The Kier molecular flexibility index (Phi) is 8.31. The third kappa shape index (κ3) is 6.82. The van der Waals surface area contributed by atoms with Crippen molar-refractivity contribution in [1.29, 1.82) is 0 Å². The maximum atomic E-state index is 13.8. The number of carbonyl (C=O) groups excluding carboxylic acids is 2. The molecule has 0 radical (unpaired) electrons. The summed E-state index contributed by atoms with van der Waals surface area (Å²) in [4.78, 5) is 29.1. The molecule has 0 bridgehead atoms. The number of aryl methyl sites for hydroxylation is 1. The van der Waals surface area contributed by atoms with E-state index in [1.807, 2.05) is 61.5 Å². The van der Waals surface area contributed by atoms with Crippen molar-refractivity contribution in [3.05, 3.63) is 131 Å². The number of rotatable bonds is 9. The van der Waals surface area contributed by atoms with Crippen molar-refractivity contribution in [3.63, 3.8) is 0 Å². The number of amides is 2. The third-order valence-corrected chi connectivity index (χ3v) is 6.10. The Balaban J connectivity index is 1.72. The number of hydrogen-bond donors (Lipinski definition) is 1. The molecule has 6 heteroatoms. The van der Waals surface area contributed by atoms with Gasteiger partial charge in [-0.15, -0.1) is 0 Å². The second kappa shape index (κ2) is 12.0. The Morgan fingerprint density at radius 3 is 2.11 bits per heavy atom. The summed E-state index contributed by atoms with van der Waals surface area (Å²) in [5.74, 6) is -0.258. The molecule has 188 valence electrons. The Hall–Kier alpha value is -4.45. The smallest absolute Gasteiger partial charge is 0.251 e. The summed E-state index contributed by atoms with van der Waals surface area (Å²) in [6.45, 7) is 2.10. The van der Waals surface area contributed by atoms with Crippen LogP contribution in [-0.2, 0) is 22.6 Å². The summed E-state index contributed by atoms with van der Waals surface area (Å²) in [6.07, 6.45) is 0.125. The zero-order valence-corrected chi connectivity index (χ0v) is 20.9. The highest BCUT2D eigenvalue weighted by atomic mass is 19.1. The Morgan fingerprint density at radius 1 is 0.838 bits per heavy atom. The number of halogens is 1. The molecule has 0 aliphatic heterocycles. The van der Waals surface area contributed by atoms with E-state index in [0.717, 1.165) is 16.7 Å². The molecule has 0 aromatic heterocycles. The molecule has 1 N–H and O–H groups in total.